The number of rotatable bonds is 3. The summed E-state index contributed by atoms with van der Waals surface area (Å²) in [4.78, 5) is 4.05. The number of aliphatic hydroxyl groups is 1. The van der Waals surface area contributed by atoms with Crippen LogP contribution in [0.5, 0.6) is 0 Å². The normalized spacial score (nSPS) is 18.3. The van der Waals surface area contributed by atoms with Crippen molar-refractivity contribution in [2.45, 2.75) is 24.4 Å². The molecule has 0 aliphatic heterocycles. The number of benzene rings is 1. The highest BCUT2D eigenvalue weighted by Crippen LogP contribution is 2.56. The van der Waals surface area contributed by atoms with Gasteiger partial charge in [0.2, 0.25) is 0 Å². The number of anilines is 1. The molecule has 1 aliphatic rings. The van der Waals surface area contributed by atoms with Crippen molar-refractivity contribution in [3.8, 4) is 0 Å². The molecule has 1 fully saturated rings. The highest BCUT2D eigenvalue weighted by molar-refractivity contribution is 5.45. The molecule has 2 aromatic rings. The molecule has 18 heavy (non-hydrogen) atoms. The summed E-state index contributed by atoms with van der Waals surface area (Å²) in [7, 11) is 0. The minimum absolute atomic E-state index is 0.168. The first-order chi connectivity index (χ1) is 8.74. The Bertz CT molecular complexity index is 549. The fraction of sp³-hybridized carbons (Fsp3) is 0.267. The molecular formula is C15H16N2O. The number of aromatic nitrogens is 1. The van der Waals surface area contributed by atoms with Gasteiger partial charge in [-0.05, 0) is 24.5 Å². The van der Waals surface area contributed by atoms with E-state index in [1.165, 1.54) is 5.56 Å². The van der Waals surface area contributed by atoms with Gasteiger partial charge in [-0.3, -0.25) is 0 Å². The maximum absolute atomic E-state index is 10.6. The summed E-state index contributed by atoms with van der Waals surface area (Å²) in [5.41, 5.74) is 7.60. The quantitative estimate of drug-likeness (QED) is 0.866. The number of nitrogens with zero attached hydrogens (tertiary/aromatic N) is 1. The zero-order chi connectivity index (χ0) is 12.6. The number of nitrogens with two attached hydrogens (primary N) is 1. The summed E-state index contributed by atoms with van der Waals surface area (Å²) in [6.07, 6.45) is 3.06. The van der Waals surface area contributed by atoms with Crippen LogP contribution in [0.25, 0.3) is 0 Å². The predicted octanol–water partition coefficient (Wildman–Crippen LogP) is 2.43. The second-order valence-electron chi connectivity index (χ2n) is 4.90. The van der Waals surface area contributed by atoms with E-state index in [0.717, 1.165) is 18.4 Å². The van der Waals surface area contributed by atoms with E-state index in [1.807, 2.05) is 30.3 Å². The third-order valence-corrected chi connectivity index (χ3v) is 3.83. The molecular weight excluding hydrogens is 224 g/mol. The average molecular weight is 240 g/mol. The fourth-order valence-electron chi connectivity index (χ4n) is 2.58. The van der Waals surface area contributed by atoms with E-state index in [2.05, 4.69) is 17.1 Å². The standard InChI is InChI=1S/C15H16N2O/c16-14-12(7-4-10-17-14)13(18)15(8-9-15)11-5-2-1-3-6-11/h1-7,10,13,18H,8-9H2,(H2,16,17). The fourth-order valence-corrected chi connectivity index (χ4v) is 2.58. The zero-order valence-corrected chi connectivity index (χ0v) is 10.1. The lowest BCUT2D eigenvalue weighted by Crippen LogP contribution is -2.19. The molecule has 3 heteroatoms. The molecule has 0 spiro atoms. The number of hydrogen-bond donors (Lipinski definition) is 2. The van der Waals surface area contributed by atoms with E-state index < -0.39 is 6.10 Å². The summed E-state index contributed by atoms with van der Waals surface area (Å²) in [5.74, 6) is 0.423. The lowest BCUT2D eigenvalue weighted by molar-refractivity contribution is 0.133. The monoisotopic (exact) mass is 240 g/mol. The van der Waals surface area contributed by atoms with Crippen LogP contribution in [0.2, 0.25) is 0 Å². The van der Waals surface area contributed by atoms with Crippen LogP contribution in [-0.4, -0.2) is 10.1 Å². The SMILES string of the molecule is Nc1ncccc1C(O)C1(c2ccccc2)CC1. The van der Waals surface area contributed by atoms with Crippen molar-refractivity contribution in [3.05, 3.63) is 59.8 Å². The van der Waals surface area contributed by atoms with Crippen LogP contribution >= 0.6 is 0 Å². The summed E-state index contributed by atoms with van der Waals surface area (Å²) < 4.78 is 0. The molecule has 1 aromatic carbocycles. The minimum atomic E-state index is -0.575. The smallest absolute Gasteiger partial charge is 0.129 e. The summed E-state index contributed by atoms with van der Waals surface area (Å²) >= 11 is 0. The van der Waals surface area contributed by atoms with Crippen molar-refractivity contribution >= 4 is 5.82 Å². The van der Waals surface area contributed by atoms with Gasteiger partial charge in [0, 0.05) is 17.2 Å². The van der Waals surface area contributed by atoms with E-state index in [-0.39, 0.29) is 5.41 Å². The second-order valence-corrected chi connectivity index (χ2v) is 4.90. The molecule has 1 atom stereocenters. The topological polar surface area (TPSA) is 59.1 Å². The molecule has 1 unspecified atom stereocenters. The van der Waals surface area contributed by atoms with Crippen molar-refractivity contribution in [2.24, 2.45) is 0 Å². The second kappa shape index (κ2) is 4.10. The number of hydrogen-bond acceptors (Lipinski definition) is 3. The predicted molar refractivity (Wildman–Crippen MR) is 71.0 cm³/mol. The molecule has 0 saturated heterocycles. The molecule has 0 amide bonds. The molecule has 0 radical (unpaired) electrons. The van der Waals surface area contributed by atoms with Gasteiger partial charge in [-0.25, -0.2) is 4.98 Å². The molecule has 1 aromatic heterocycles. The third-order valence-electron chi connectivity index (χ3n) is 3.83. The van der Waals surface area contributed by atoms with Gasteiger partial charge >= 0.3 is 0 Å². The number of nitrogen functional groups attached to an aromatic ring is 1. The average Bonchev–Trinajstić information content (AvgIpc) is 3.21. The molecule has 1 aliphatic carbocycles. The summed E-state index contributed by atoms with van der Waals surface area (Å²) in [6.45, 7) is 0. The Morgan fingerprint density at radius 2 is 1.83 bits per heavy atom. The Kier molecular flexibility index (Phi) is 2.56. The van der Waals surface area contributed by atoms with Crippen LogP contribution < -0.4 is 5.73 Å². The molecule has 0 bridgehead atoms. The van der Waals surface area contributed by atoms with Gasteiger partial charge in [0.1, 0.15) is 5.82 Å². The Labute approximate surface area is 106 Å². The minimum Gasteiger partial charge on any atom is -0.387 e. The largest absolute Gasteiger partial charge is 0.387 e. The van der Waals surface area contributed by atoms with Crippen LogP contribution in [-0.2, 0) is 5.41 Å². The van der Waals surface area contributed by atoms with E-state index >= 15 is 0 Å². The van der Waals surface area contributed by atoms with Crippen molar-refractivity contribution in [1.29, 1.82) is 0 Å². The molecule has 3 rings (SSSR count). The zero-order valence-electron chi connectivity index (χ0n) is 10.1. The van der Waals surface area contributed by atoms with Gasteiger partial charge in [0.05, 0.1) is 6.10 Å². The molecule has 92 valence electrons. The first-order valence-corrected chi connectivity index (χ1v) is 6.18. The number of pyridine rings is 1. The van der Waals surface area contributed by atoms with Gasteiger partial charge in [0.25, 0.3) is 0 Å². The molecule has 3 nitrogen and oxygen atoms in total. The summed E-state index contributed by atoms with van der Waals surface area (Å²) in [5, 5.41) is 10.6. The van der Waals surface area contributed by atoms with Crippen molar-refractivity contribution in [1.82, 2.24) is 4.98 Å². The lowest BCUT2D eigenvalue weighted by Gasteiger charge is -2.23. The summed E-state index contributed by atoms with van der Waals surface area (Å²) in [6, 6.07) is 13.8. The van der Waals surface area contributed by atoms with Gasteiger partial charge in [-0.1, -0.05) is 36.4 Å². The van der Waals surface area contributed by atoms with Crippen LogP contribution in [0.1, 0.15) is 30.1 Å². The van der Waals surface area contributed by atoms with E-state index in [9.17, 15) is 5.11 Å². The highest BCUT2D eigenvalue weighted by atomic mass is 16.3. The highest BCUT2D eigenvalue weighted by Gasteiger charge is 2.51. The van der Waals surface area contributed by atoms with Crippen LogP contribution in [0.3, 0.4) is 0 Å². The molecule has 1 heterocycles. The van der Waals surface area contributed by atoms with E-state index in [1.54, 1.807) is 6.20 Å². The Hall–Kier alpha value is -1.87. The van der Waals surface area contributed by atoms with E-state index in [4.69, 9.17) is 5.73 Å². The Morgan fingerprint density at radius 1 is 1.11 bits per heavy atom. The van der Waals surface area contributed by atoms with Gasteiger partial charge < -0.3 is 10.8 Å². The van der Waals surface area contributed by atoms with Crippen molar-refractivity contribution in [2.75, 3.05) is 5.73 Å². The first-order valence-electron chi connectivity index (χ1n) is 6.18. The number of aliphatic hydroxyl groups excluding tert-OH is 1. The Morgan fingerprint density at radius 3 is 2.44 bits per heavy atom. The maximum atomic E-state index is 10.6. The van der Waals surface area contributed by atoms with Gasteiger partial charge in [0.15, 0.2) is 0 Å². The van der Waals surface area contributed by atoms with Gasteiger partial charge in [-0.2, -0.15) is 0 Å². The molecule has 3 N–H and O–H groups in total. The first kappa shape index (κ1) is 11.2. The van der Waals surface area contributed by atoms with Gasteiger partial charge in [-0.15, -0.1) is 0 Å². The van der Waals surface area contributed by atoms with Crippen LogP contribution in [0, 0.1) is 0 Å². The van der Waals surface area contributed by atoms with E-state index in [0.29, 0.717) is 5.82 Å². The third kappa shape index (κ3) is 1.68. The van der Waals surface area contributed by atoms with Crippen molar-refractivity contribution < 1.29 is 5.11 Å². The lowest BCUT2D eigenvalue weighted by atomic mass is 9.86. The van der Waals surface area contributed by atoms with Crippen LogP contribution in [0.4, 0.5) is 5.82 Å². The molecule has 1 saturated carbocycles. The van der Waals surface area contributed by atoms with Crippen molar-refractivity contribution in [3.63, 3.8) is 0 Å². The maximum Gasteiger partial charge on any atom is 0.129 e. The van der Waals surface area contributed by atoms with Crippen LogP contribution in [0.15, 0.2) is 48.7 Å². The Balaban J connectivity index is 1.98.